The van der Waals surface area contributed by atoms with E-state index < -0.39 is 76.7 Å². The van der Waals surface area contributed by atoms with Gasteiger partial charge >= 0.3 is 29.8 Å². The molecule has 5 N–H and O–H groups in total. The molecule has 2 aliphatic rings. The van der Waals surface area contributed by atoms with Crippen LogP contribution in [-0.2, 0) is 47.8 Å². The summed E-state index contributed by atoms with van der Waals surface area (Å²) < 4.78 is 16.3. The number of allylic oxidation sites excluding steroid dienone is 1. The van der Waals surface area contributed by atoms with E-state index in [1.807, 2.05) is 0 Å². The number of anilines is 1. The van der Waals surface area contributed by atoms with Crippen molar-refractivity contribution >= 4 is 87.4 Å². The molecule has 0 aliphatic carbocycles. The van der Waals surface area contributed by atoms with Crippen molar-refractivity contribution in [2.75, 3.05) is 32.5 Å². The zero-order valence-corrected chi connectivity index (χ0v) is 37.1. The minimum atomic E-state index is -1.44. The molecule has 1 aromatic carbocycles. The molecule has 2 aliphatic heterocycles. The number of aliphatic carboxylic acids is 2. The summed E-state index contributed by atoms with van der Waals surface area (Å²) in [5, 5.41) is 29.9. The average molecular weight is 917 g/mol. The summed E-state index contributed by atoms with van der Waals surface area (Å²) in [5.41, 5.74) is 4.24. The van der Waals surface area contributed by atoms with Crippen LogP contribution < -0.4 is 11.1 Å². The molecule has 3 aromatic rings. The quantitative estimate of drug-likeness (QED) is 0.0450. The van der Waals surface area contributed by atoms with Crippen LogP contribution >= 0.6 is 34.9 Å². The fourth-order valence-corrected chi connectivity index (χ4v) is 7.85. The molecule has 24 heteroatoms. The SMILES string of the molecule is C=C1S[C@@H]2[C@H](NC(=O)/C(=N\OC)c3csc(N)n3)C(=O)N2C(C(=O)O)=C1CSc1nc(C(=O)OC)n(C(C(=O)OCOC(=O)C(C)(C)C)c2ccccc2)n1.CC(C)(C)C(=O)O. The van der Waals surface area contributed by atoms with Crippen LogP contribution in [-0.4, -0.2) is 120 Å². The number of nitrogens with two attached hydrogens (primary N) is 1. The zero-order valence-electron chi connectivity index (χ0n) is 34.7. The molecule has 0 bridgehead atoms. The number of methoxy groups -OCH3 is 1. The van der Waals surface area contributed by atoms with Crippen LogP contribution in [0, 0.1) is 10.8 Å². The van der Waals surface area contributed by atoms with E-state index >= 15 is 0 Å². The van der Waals surface area contributed by atoms with E-state index in [2.05, 4.69) is 32.1 Å². The van der Waals surface area contributed by atoms with Crippen molar-refractivity contribution < 1.29 is 62.8 Å². The van der Waals surface area contributed by atoms with Gasteiger partial charge in [-0.3, -0.25) is 24.1 Å². The third-order valence-corrected chi connectivity index (χ3v) is 11.2. The fraction of sp³-hybridized carbons (Fsp3) is 0.395. The third kappa shape index (κ3) is 11.3. The van der Waals surface area contributed by atoms with Crippen LogP contribution in [0.5, 0.6) is 0 Å². The second-order valence-electron chi connectivity index (χ2n) is 15.0. The number of carboxylic acid groups (broad SMARTS) is 2. The summed E-state index contributed by atoms with van der Waals surface area (Å²) in [5.74, 6) is -6.74. The molecule has 1 fully saturated rings. The van der Waals surface area contributed by atoms with Gasteiger partial charge in [-0.2, -0.15) is 4.98 Å². The van der Waals surface area contributed by atoms with Gasteiger partial charge in [-0.05, 0) is 47.1 Å². The molecule has 2 amide bonds. The summed E-state index contributed by atoms with van der Waals surface area (Å²) in [6.45, 7) is 13.2. The van der Waals surface area contributed by atoms with E-state index in [1.54, 1.807) is 71.9 Å². The molecule has 4 heterocycles. The number of oxime groups is 1. The van der Waals surface area contributed by atoms with E-state index in [9.17, 15) is 38.7 Å². The van der Waals surface area contributed by atoms with Crippen molar-refractivity contribution in [2.24, 2.45) is 16.0 Å². The lowest BCUT2D eigenvalue weighted by Crippen LogP contribution is -2.70. The van der Waals surface area contributed by atoms with Gasteiger partial charge < -0.3 is 40.3 Å². The maximum atomic E-state index is 13.5. The van der Waals surface area contributed by atoms with E-state index in [0.717, 1.165) is 51.6 Å². The van der Waals surface area contributed by atoms with Crippen LogP contribution in [0.2, 0.25) is 0 Å². The molecule has 5 rings (SSSR count). The second-order valence-corrected chi connectivity index (χ2v) is 18.0. The zero-order chi connectivity index (χ0) is 46.3. The predicted molar refractivity (Wildman–Crippen MR) is 224 cm³/mol. The lowest BCUT2D eigenvalue weighted by atomic mass is 9.98. The number of thioether (sulfide) groups is 2. The van der Waals surface area contributed by atoms with Crippen molar-refractivity contribution in [2.45, 2.75) is 64.2 Å². The number of hydrogen-bond acceptors (Lipinski definition) is 19. The molecule has 1 saturated heterocycles. The van der Waals surface area contributed by atoms with Crippen LogP contribution in [0.15, 0.2) is 68.8 Å². The summed E-state index contributed by atoms with van der Waals surface area (Å²) in [6.07, 6.45) is 0. The summed E-state index contributed by atoms with van der Waals surface area (Å²) in [6, 6.07) is 5.64. The minimum Gasteiger partial charge on any atom is -0.481 e. The maximum Gasteiger partial charge on any atom is 0.375 e. The highest BCUT2D eigenvalue weighted by Gasteiger charge is 2.55. The van der Waals surface area contributed by atoms with Crippen molar-refractivity contribution in [3.63, 3.8) is 0 Å². The summed E-state index contributed by atoms with van der Waals surface area (Å²) >= 11 is 3.01. The number of aromatic nitrogens is 4. The number of benzene rings is 1. The Labute approximate surface area is 367 Å². The Morgan fingerprint density at radius 3 is 2.19 bits per heavy atom. The standard InChI is InChI=1S/C33H34N8O11S3.C5H10O2/c1-15-17(22(27(44)45)40-25(43)20(26(40)55-15)36-24(42)19(39-50-6)18-13-53-31(34)35-18)12-54-32-37-23(29(47)49-5)41(38-32)21(16-10-8-7-9-11-16)28(46)51-14-52-30(48)33(2,3)4;1-5(2,3)4(6)7/h7-11,13,20-21,26H,1,12,14H2,2-6H3,(H2,34,35)(H,36,42)(H,44,45);1-3H3,(H,6,7)/b39-19-;/t20-,21?,26-;/m1./s1. The maximum absolute atomic E-state index is 13.5. The van der Waals surface area contributed by atoms with Crippen LogP contribution in [0.25, 0.3) is 0 Å². The highest BCUT2D eigenvalue weighted by molar-refractivity contribution is 8.04. The Morgan fingerprint density at radius 2 is 1.66 bits per heavy atom. The van der Waals surface area contributed by atoms with Crippen molar-refractivity contribution in [3.05, 3.63) is 75.5 Å². The van der Waals surface area contributed by atoms with E-state index in [-0.39, 0.29) is 49.4 Å². The van der Waals surface area contributed by atoms with Gasteiger partial charge in [0.05, 0.1) is 17.9 Å². The Balaban J connectivity index is 0.00000111. The van der Waals surface area contributed by atoms with Crippen LogP contribution in [0.1, 0.15) is 69.5 Å². The Bertz CT molecular complexity index is 2310. The van der Waals surface area contributed by atoms with Crippen LogP contribution in [0.4, 0.5) is 5.13 Å². The molecule has 0 spiro atoms. The number of nitrogen functional groups attached to an aromatic ring is 1. The van der Waals surface area contributed by atoms with Crippen molar-refractivity contribution in [1.82, 2.24) is 30.0 Å². The third-order valence-electron chi connectivity index (χ3n) is 8.37. The Morgan fingerprint density at radius 1 is 1.02 bits per heavy atom. The predicted octanol–water partition coefficient (Wildman–Crippen LogP) is 3.30. The number of amides is 2. The highest BCUT2D eigenvalue weighted by atomic mass is 32.2. The number of esters is 3. The fourth-order valence-electron chi connectivity index (χ4n) is 5.09. The molecule has 62 heavy (non-hydrogen) atoms. The van der Waals surface area contributed by atoms with Gasteiger partial charge in [-0.25, -0.2) is 24.0 Å². The van der Waals surface area contributed by atoms with Gasteiger partial charge in [0.15, 0.2) is 16.9 Å². The number of β-lactam (4-membered cyclic amide) rings is 1. The number of thiazole rings is 1. The molecule has 0 radical (unpaired) electrons. The normalized spacial score (nSPS) is 16.8. The van der Waals surface area contributed by atoms with Crippen molar-refractivity contribution in [3.8, 4) is 0 Å². The molecule has 0 saturated carbocycles. The van der Waals surface area contributed by atoms with E-state index in [4.69, 9.17) is 29.9 Å². The van der Waals surface area contributed by atoms with E-state index in [1.165, 1.54) is 12.5 Å². The average Bonchev–Trinajstić information content (AvgIpc) is 3.83. The highest BCUT2D eigenvalue weighted by Crippen LogP contribution is 2.47. The van der Waals surface area contributed by atoms with E-state index in [0.29, 0.717) is 5.56 Å². The second kappa shape index (κ2) is 20.1. The first kappa shape index (κ1) is 48.4. The monoisotopic (exact) mass is 916 g/mol. The number of carbonyl (C=O) groups is 7. The van der Waals surface area contributed by atoms with Gasteiger partial charge in [0.2, 0.25) is 17.8 Å². The first-order valence-corrected chi connectivity index (χ1v) is 20.8. The largest absolute Gasteiger partial charge is 0.481 e. The molecule has 2 aromatic heterocycles. The van der Waals surface area contributed by atoms with Gasteiger partial charge in [-0.15, -0.1) is 16.4 Å². The number of nitrogens with one attached hydrogen (secondary N) is 1. The molecule has 1 unspecified atom stereocenters. The van der Waals surface area contributed by atoms with Gasteiger partial charge in [0.1, 0.15) is 29.9 Å². The summed E-state index contributed by atoms with van der Waals surface area (Å²) in [7, 11) is 2.34. The summed E-state index contributed by atoms with van der Waals surface area (Å²) in [4.78, 5) is 102. The molecule has 3 atom stereocenters. The first-order chi connectivity index (χ1) is 29.0. The minimum absolute atomic E-state index is 0.0711. The number of fused-ring (bicyclic) bond motifs is 1. The van der Waals surface area contributed by atoms with Gasteiger partial charge in [0, 0.05) is 21.6 Å². The van der Waals surface area contributed by atoms with Crippen LogP contribution in [0.3, 0.4) is 0 Å². The molecular weight excluding hydrogens is 873 g/mol. The number of rotatable bonds is 14. The van der Waals surface area contributed by atoms with Crippen molar-refractivity contribution in [1.29, 1.82) is 0 Å². The number of hydrogen-bond donors (Lipinski definition) is 4. The smallest absolute Gasteiger partial charge is 0.375 e. The molecular formula is C38H44N8O13S3. The number of carbonyl (C=O) groups excluding carboxylic acids is 5. The Hall–Kier alpha value is -6.27. The Kier molecular flexibility index (Phi) is 15.7. The lowest BCUT2D eigenvalue weighted by Gasteiger charge is -2.49. The van der Waals surface area contributed by atoms with Gasteiger partial charge in [0.25, 0.3) is 11.8 Å². The number of carboxylic acids is 2. The number of ether oxygens (including phenoxy) is 3. The van der Waals surface area contributed by atoms with Gasteiger partial charge in [-0.1, -0.05) is 65.6 Å². The molecule has 332 valence electrons. The molecule has 21 nitrogen and oxygen atoms in total. The number of nitrogens with zero attached hydrogens (tertiary/aromatic N) is 6. The topological polar surface area (TPSA) is 294 Å². The lowest BCUT2D eigenvalue weighted by molar-refractivity contribution is -0.174. The first-order valence-electron chi connectivity index (χ1n) is 18.1.